The van der Waals surface area contributed by atoms with Gasteiger partial charge in [0.1, 0.15) is 6.73 Å². The Labute approximate surface area is 196 Å². The summed E-state index contributed by atoms with van der Waals surface area (Å²) in [6.07, 6.45) is 3.91. The minimum atomic E-state index is -1.10. The molecular formula is C21H34BN2NaO2Si. The summed E-state index contributed by atoms with van der Waals surface area (Å²) in [5, 5.41) is 3.67. The molecule has 2 aliphatic heterocycles. The molecule has 0 spiro atoms. The number of ether oxygens (including phenoxy) is 1. The van der Waals surface area contributed by atoms with E-state index < -0.39 is 8.07 Å². The summed E-state index contributed by atoms with van der Waals surface area (Å²) in [4.78, 5) is 14.2. The van der Waals surface area contributed by atoms with Gasteiger partial charge in [-0.25, -0.2) is 0 Å². The number of nitrogens with zero attached hydrogens (tertiary/aromatic N) is 1. The molecule has 1 fully saturated rings. The summed E-state index contributed by atoms with van der Waals surface area (Å²) in [5.74, 6) is 0.952. The third-order valence-electron chi connectivity index (χ3n) is 5.58. The quantitative estimate of drug-likeness (QED) is 0.563. The van der Waals surface area contributed by atoms with E-state index in [-0.39, 0.29) is 43.9 Å². The number of aryl methyl sites for hydroxylation is 1. The fourth-order valence-corrected chi connectivity index (χ4v) is 4.51. The van der Waals surface area contributed by atoms with E-state index >= 15 is 0 Å². The van der Waals surface area contributed by atoms with Gasteiger partial charge in [0.2, 0.25) is 5.91 Å². The van der Waals surface area contributed by atoms with Gasteiger partial charge in [0.15, 0.2) is 0 Å². The third-order valence-corrected chi connectivity index (χ3v) is 7.29. The van der Waals surface area contributed by atoms with Gasteiger partial charge in [-0.3, -0.25) is 9.69 Å². The summed E-state index contributed by atoms with van der Waals surface area (Å²) in [6, 6.07) is 8.22. The van der Waals surface area contributed by atoms with Crippen molar-refractivity contribution in [3.8, 4) is 0 Å². The van der Waals surface area contributed by atoms with Crippen LogP contribution in [0.25, 0.3) is 0 Å². The largest absolute Gasteiger partial charge is 1.00 e. The predicted octanol–water partition coefficient (Wildman–Crippen LogP) is 0.962. The molecule has 1 N–H and O–H groups in total. The monoisotopic (exact) mass is 408 g/mol. The average Bonchev–Trinajstić information content (AvgIpc) is 2.59. The van der Waals surface area contributed by atoms with Gasteiger partial charge in [-0.15, -0.1) is 0 Å². The smallest absolute Gasteiger partial charge is 1.00 e. The van der Waals surface area contributed by atoms with Gasteiger partial charge in [-0.1, -0.05) is 38.7 Å². The Hall–Kier alpha value is -0.108. The zero-order chi connectivity index (χ0) is 18.7. The molecule has 0 aliphatic carbocycles. The molecule has 4 nitrogen and oxygen atoms in total. The van der Waals surface area contributed by atoms with Crippen LogP contribution in [0.2, 0.25) is 25.7 Å². The van der Waals surface area contributed by atoms with Crippen LogP contribution in [0.15, 0.2) is 18.2 Å². The average molecular weight is 408 g/mol. The van der Waals surface area contributed by atoms with Gasteiger partial charge < -0.3 is 18.5 Å². The number of nitrogens with one attached hydrogen (secondary N) is 1. The van der Waals surface area contributed by atoms with Crippen molar-refractivity contribution >= 4 is 28.1 Å². The number of anilines is 1. The maximum Gasteiger partial charge on any atom is 1.00 e. The number of hydrogen-bond donors (Lipinski definition) is 1. The second-order valence-electron chi connectivity index (χ2n) is 9.20. The van der Waals surface area contributed by atoms with E-state index in [0.29, 0.717) is 19.2 Å². The molecule has 2 atom stereocenters. The summed E-state index contributed by atoms with van der Waals surface area (Å²) < 4.78 is 5.86. The Morgan fingerprint density at radius 3 is 2.61 bits per heavy atom. The Morgan fingerprint density at radius 2 is 1.96 bits per heavy atom. The molecule has 148 valence electrons. The van der Waals surface area contributed by atoms with Crippen LogP contribution >= 0.6 is 0 Å². The minimum absolute atomic E-state index is 0. The second-order valence-corrected chi connectivity index (χ2v) is 14.8. The normalized spacial score (nSPS) is 22.1. The molecule has 4 radical (unpaired) electrons. The van der Waals surface area contributed by atoms with E-state index in [1.165, 1.54) is 24.0 Å². The van der Waals surface area contributed by atoms with Crippen molar-refractivity contribution in [1.82, 2.24) is 5.32 Å². The van der Waals surface area contributed by atoms with E-state index in [4.69, 9.17) is 4.74 Å². The number of rotatable bonds is 6. The van der Waals surface area contributed by atoms with Crippen LogP contribution in [0.5, 0.6) is 0 Å². The molecule has 1 amide bonds. The number of carbonyl (C=O) groups excluding carboxylic acids is 1. The zero-order valence-electron chi connectivity index (χ0n) is 18.4. The van der Waals surface area contributed by atoms with Gasteiger partial charge in [0.25, 0.3) is 0 Å². The van der Waals surface area contributed by atoms with E-state index in [0.717, 1.165) is 37.2 Å². The molecule has 7 heteroatoms. The first kappa shape index (κ1) is 25.9. The summed E-state index contributed by atoms with van der Waals surface area (Å²) in [5.41, 5.74) is 3.70. The maximum atomic E-state index is 12.4. The molecule has 1 aromatic carbocycles. The molecule has 2 aliphatic rings. The first-order valence-corrected chi connectivity index (χ1v) is 13.8. The standard InChI is InChI=1S/C21H34N2O2Si.B.Na/c1-16-5-8-19(22-14-16)17-6-9-20-18(13-17)7-10-21(24)23(20)15-25-11-12-26(2,3)4;;/h6,9,13,16,19,22H,5,7-8,10-12,14-15H2,1-4H3;;/q;-1;+1/t16-,19?;;/m0../s1. The van der Waals surface area contributed by atoms with Gasteiger partial charge >= 0.3 is 29.6 Å². The molecule has 0 aromatic heterocycles. The van der Waals surface area contributed by atoms with E-state index in [2.05, 4.69) is 50.1 Å². The summed E-state index contributed by atoms with van der Waals surface area (Å²) in [6.45, 7) is 11.6. The fraction of sp³-hybridized carbons (Fsp3) is 0.667. The number of benzene rings is 1. The summed E-state index contributed by atoms with van der Waals surface area (Å²) in [7, 11) is -1.10. The number of hydrogen-bond acceptors (Lipinski definition) is 3. The molecular weight excluding hydrogens is 374 g/mol. The maximum absolute atomic E-state index is 12.4. The van der Waals surface area contributed by atoms with Crippen LogP contribution in [0.1, 0.15) is 43.4 Å². The van der Waals surface area contributed by atoms with Crippen LogP contribution in [-0.4, -0.2) is 42.3 Å². The van der Waals surface area contributed by atoms with Crippen molar-refractivity contribution in [2.24, 2.45) is 5.92 Å². The van der Waals surface area contributed by atoms with Crippen molar-refractivity contribution in [3.05, 3.63) is 29.3 Å². The predicted molar refractivity (Wildman–Crippen MR) is 116 cm³/mol. The van der Waals surface area contributed by atoms with Crippen LogP contribution in [0, 0.1) is 5.92 Å². The Kier molecular flexibility index (Phi) is 10.5. The molecule has 28 heavy (non-hydrogen) atoms. The third kappa shape index (κ3) is 6.99. The van der Waals surface area contributed by atoms with Crippen molar-refractivity contribution in [1.29, 1.82) is 0 Å². The number of fused-ring (bicyclic) bond motifs is 1. The van der Waals surface area contributed by atoms with Gasteiger partial charge in [0, 0.05) is 32.8 Å². The van der Waals surface area contributed by atoms with Gasteiger partial charge in [-0.05, 0) is 55.0 Å². The Morgan fingerprint density at radius 1 is 1.21 bits per heavy atom. The van der Waals surface area contributed by atoms with Crippen molar-refractivity contribution < 1.29 is 39.1 Å². The van der Waals surface area contributed by atoms with Crippen LogP contribution in [-0.2, 0) is 16.0 Å². The Bertz CT molecular complexity index is 646. The van der Waals surface area contributed by atoms with Crippen LogP contribution in [0.3, 0.4) is 0 Å². The molecule has 1 unspecified atom stereocenters. The number of piperidine rings is 1. The van der Waals surface area contributed by atoms with Crippen LogP contribution < -0.4 is 39.8 Å². The molecule has 0 saturated carbocycles. The van der Waals surface area contributed by atoms with Gasteiger partial charge in [0.05, 0.1) is 0 Å². The summed E-state index contributed by atoms with van der Waals surface area (Å²) >= 11 is 0. The van der Waals surface area contributed by atoms with E-state index in [9.17, 15) is 4.79 Å². The molecule has 1 aromatic rings. The molecule has 1 saturated heterocycles. The number of carbonyl (C=O) groups is 1. The molecule has 3 rings (SSSR count). The Balaban J connectivity index is 0.00000196. The number of amides is 1. The van der Waals surface area contributed by atoms with Gasteiger partial charge in [-0.2, -0.15) is 0 Å². The van der Waals surface area contributed by atoms with E-state index in [1.54, 1.807) is 0 Å². The molecule has 2 heterocycles. The topological polar surface area (TPSA) is 41.6 Å². The molecule has 0 bridgehead atoms. The SMILES string of the molecule is C[C@H]1CCC(c2ccc3c(c2)CCC(=O)N3COCC[Si](C)(C)C)NC1.[B-].[Na+]. The van der Waals surface area contributed by atoms with E-state index in [1.807, 2.05) is 4.90 Å². The van der Waals surface area contributed by atoms with Crippen molar-refractivity contribution in [2.75, 3.05) is 24.8 Å². The first-order chi connectivity index (χ1) is 12.3. The fourth-order valence-electron chi connectivity index (χ4n) is 3.76. The van der Waals surface area contributed by atoms with Crippen LogP contribution in [0.4, 0.5) is 5.69 Å². The zero-order valence-corrected chi connectivity index (χ0v) is 21.4. The van der Waals surface area contributed by atoms with Crippen molar-refractivity contribution in [2.45, 2.75) is 64.3 Å². The second kappa shape index (κ2) is 11.3. The van der Waals surface area contributed by atoms with Crippen molar-refractivity contribution in [3.63, 3.8) is 0 Å². The first-order valence-electron chi connectivity index (χ1n) is 10.1. The minimum Gasteiger partial charge on any atom is -1.00 e.